The van der Waals surface area contributed by atoms with E-state index in [1.165, 1.54) is 47.9 Å². The van der Waals surface area contributed by atoms with E-state index >= 15 is 0 Å². The predicted octanol–water partition coefficient (Wildman–Crippen LogP) is 2.62. The Hall–Kier alpha value is -3.46. The van der Waals surface area contributed by atoms with E-state index in [2.05, 4.69) is 22.3 Å². The van der Waals surface area contributed by atoms with Crippen molar-refractivity contribution in [2.45, 2.75) is 32.4 Å². The molecule has 9 heteroatoms. The molecule has 32 heavy (non-hydrogen) atoms. The zero-order valence-corrected chi connectivity index (χ0v) is 17.8. The minimum Gasteiger partial charge on any atom is -0.482 e. The summed E-state index contributed by atoms with van der Waals surface area (Å²) in [4.78, 5) is 39.0. The molecule has 0 spiro atoms. The molecule has 0 bridgehead atoms. The van der Waals surface area contributed by atoms with Crippen LogP contribution in [0.4, 0.5) is 11.4 Å². The fourth-order valence-corrected chi connectivity index (χ4v) is 4.02. The minimum absolute atomic E-state index is 0.169. The van der Waals surface area contributed by atoms with Crippen LogP contribution in [0.1, 0.15) is 30.4 Å². The van der Waals surface area contributed by atoms with Gasteiger partial charge in [-0.3, -0.25) is 29.5 Å². The first kappa shape index (κ1) is 21.8. The van der Waals surface area contributed by atoms with E-state index in [0.29, 0.717) is 12.3 Å². The van der Waals surface area contributed by atoms with E-state index in [0.717, 1.165) is 25.2 Å². The molecule has 0 radical (unpaired) electrons. The van der Waals surface area contributed by atoms with Gasteiger partial charge in [0, 0.05) is 25.2 Å². The Labute approximate surface area is 186 Å². The fraction of sp³-hybridized carbons (Fsp3) is 0.391. The first-order valence-corrected chi connectivity index (χ1v) is 10.8. The number of fused-ring (bicyclic) bond motifs is 1. The van der Waals surface area contributed by atoms with Crippen molar-refractivity contribution in [1.82, 2.24) is 10.2 Å². The molecule has 2 aromatic rings. The molecule has 1 N–H and O–H groups in total. The van der Waals surface area contributed by atoms with Gasteiger partial charge >= 0.3 is 0 Å². The first-order valence-electron chi connectivity index (χ1n) is 10.8. The molecule has 2 aliphatic rings. The molecule has 168 valence electrons. The minimum atomic E-state index is -0.549. The second-order valence-corrected chi connectivity index (χ2v) is 8.11. The highest BCUT2D eigenvalue weighted by Crippen LogP contribution is 2.35. The van der Waals surface area contributed by atoms with Gasteiger partial charge in [0.2, 0.25) is 5.91 Å². The quantitative estimate of drug-likeness (QED) is 0.526. The number of nitrogens with zero attached hydrogens (tertiary/aromatic N) is 3. The molecule has 2 amide bonds. The summed E-state index contributed by atoms with van der Waals surface area (Å²) in [5, 5.41) is 13.9. The van der Waals surface area contributed by atoms with Gasteiger partial charge < -0.3 is 10.1 Å². The molecule has 0 aromatic heterocycles. The summed E-state index contributed by atoms with van der Waals surface area (Å²) in [6, 6.07) is 12.2. The lowest BCUT2D eigenvalue weighted by Gasteiger charge is -2.28. The number of nitro groups is 1. The number of ether oxygens (including phenoxy) is 1. The molecule has 0 unspecified atom stereocenters. The van der Waals surface area contributed by atoms with Gasteiger partial charge in [-0.1, -0.05) is 30.7 Å². The van der Waals surface area contributed by atoms with Gasteiger partial charge in [-0.05, 0) is 43.1 Å². The van der Waals surface area contributed by atoms with Crippen LogP contribution >= 0.6 is 0 Å². The third kappa shape index (κ3) is 5.23. The first-order chi connectivity index (χ1) is 15.5. The summed E-state index contributed by atoms with van der Waals surface area (Å²) in [6.07, 6.45) is 3.83. The molecule has 4 rings (SSSR count). The highest BCUT2D eigenvalue weighted by molar-refractivity contribution is 6.02. The topological polar surface area (TPSA) is 105 Å². The number of benzene rings is 2. The highest BCUT2D eigenvalue weighted by Gasteiger charge is 2.29. The van der Waals surface area contributed by atoms with Crippen molar-refractivity contribution in [3.8, 4) is 5.75 Å². The number of piperidine rings is 1. The number of hydrogen-bond acceptors (Lipinski definition) is 6. The SMILES string of the molecule is O=C(CN1C(=O)COc2ccc([N+](=O)[O-])cc21)NCc1ccc(CN2CCCCC2)cc1. The summed E-state index contributed by atoms with van der Waals surface area (Å²) in [5.74, 6) is -0.433. The lowest BCUT2D eigenvalue weighted by Crippen LogP contribution is -2.45. The van der Waals surface area contributed by atoms with Crippen molar-refractivity contribution in [3.05, 3.63) is 63.7 Å². The molecular weight excluding hydrogens is 412 g/mol. The standard InChI is InChI=1S/C23H26N4O5/c28-22(15-26-20-12-19(27(30)31)8-9-21(20)32-16-23(26)29)24-13-17-4-6-18(7-5-17)14-25-10-2-1-3-11-25/h4-9,12H,1-3,10-11,13-16H2,(H,24,28). The fourth-order valence-electron chi connectivity index (χ4n) is 4.02. The van der Waals surface area contributed by atoms with E-state index in [9.17, 15) is 19.7 Å². The van der Waals surface area contributed by atoms with Crippen LogP contribution in [0.3, 0.4) is 0 Å². The van der Waals surface area contributed by atoms with E-state index in [1.807, 2.05) is 12.1 Å². The largest absolute Gasteiger partial charge is 0.482 e. The summed E-state index contributed by atoms with van der Waals surface area (Å²) in [5.41, 5.74) is 2.27. The summed E-state index contributed by atoms with van der Waals surface area (Å²) in [6.45, 7) is 3.12. The number of non-ortho nitro benzene ring substituents is 1. The zero-order chi connectivity index (χ0) is 22.5. The molecule has 1 fully saturated rings. The molecule has 0 saturated carbocycles. The third-order valence-corrected chi connectivity index (χ3v) is 5.77. The van der Waals surface area contributed by atoms with Crippen LogP contribution in [-0.4, -0.2) is 47.9 Å². The van der Waals surface area contributed by atoms with Gasteiger partial charge in [0.15, 0.2) is 6.61 Å². The number of hydrogen-bond donors (Lipinski definition) is 1. The van der Waals surface area contributed by atoms with Gasteiger partial charge in [0.25, 0.3) is 11.6 Å². The maximum absolute atomic E-state index is 12.5. The van der Waals surface area contributed by atoms with Gasteiger partial charge in [0.05, 0.1) is 10.6 Å². The summed E-state index contributed by atoms with van der Waals surface area (Å²) < 4.78 is 5.33. The van der Waals surface area contributed by atoms with Gasteiger partial charge in [-0.15, -0.1) is 0 Å². The maximum Gasteiger partial charge on any atom is 0.271 e. The molecule has 0 aliphatic carbocycles. The number of carbonyl (C=O) groups excluding carboxylic acids is 2. The van der Waals surface area contributed by atoms with Crippen molar-refractivity contribution in [3.63, 3.8) is 0 Å². The lowest BCUT2D eigenvalue weighted by molar-refractivity contribution is -0.384. The second-order valence-electron chi connectivity index (χ2n) is 8.11. The molecule has 9 nitrogen and oxygen atoms in total. The van der Waals surface area contributed by atoms with E-state index in [1.54, 1.807) is 0 Å². The van der Waals surface area contributed by atoms with E-state index < -0.39 is 10.8 Å². The number of anilines is 1. The van der Waals surface area contributed by atoms with Crippen molar-refractivity contribution < 1.29 is 19.2 Å². The molecular formula is C23H26N4O5. The second kappa shape index (κ2) is 9.78. The van der Waals surface area contributed by atoms with E-state index in [4.69, 9.17) is 4.74 Å². The van der Waals surface area contributed by atoms with Crippen molar-refractivity contribution >= 4 is 23.2 Å². The van der Waals surface area contributed by atoms with Crippen molar-refractivity contribution in [1.29, 1.82) is 0 Å². The smallest absolute Gasteiger partial charge is 0.271 e. The molecule has 2 aliphatic heterocycles. The average Bonchev–Trinajstić information content (AvgIpc) is 2.81. The van der Waals surface area contributed by atoms with Crippen LogP contribution in [0.2, 0.25) is 0 Å². The van der Waals surface area contributed by atoms with Crippen LogP contribution in [0.25, 0.3) is 0 Å². The Morgan fingerprint density at radius 3 is 2.50 bits per heavy atom. The van der Waals surface area contributed by atoms with Gasteiger partial charge in [-0.2, -0.15) is 0 Å². The molecule has 1 saturated heterocycles. The number of rotatable bonds is 7. The Morgan fingerprint density at radius 1 is 1.06 bits per heavy atom. The number of nitrogens with one attached hydrogen (secondary N) is 1. The Kier molecular flexibility index (Phi) is 6.65. The number of amides is 2. The average molecular weight is 438 g/mol. The number of carbonyl (C=O) groups is 2. The van der Waals surface area contributed by atoms with Gasteiger partial charge in [-0.25, -0.2) is 0 Å². The third-order valence-electron chi connectivity index (χ3n) is 5.77. The van der Waals surface area contributed by atoms with Gasteiger partial charge in [0.1, 0.15) is 12.3 Å². The van der Waals surface area contributed by atoms with Crippen molar-refractivity contribution in [2.75, 3.05) is 31.1 Å². The Balaban J connectivity index is 1.33. The molecule has 0 atom stereocenters. The monoisotopic (exact) mass is 438 g/mol. The molecule has 2 aromatic carbocycles. The predicted molar refractivity (Wildman–Crippen MR) is 118 cm³/mol. The summed E-state index contributed by atoms with van der Waals surface area (Å²) in [7, 11) is 0. The van der Waals surface area contributed by atoms with Crippen LogP contribution in [0.15, 0.2) is 42.5 Å². The zero-order valence-electron chi connectivity index (χ0n) is 17.8. The number of nitro benzene ring substituents is 1. The van der Waals surface area contributed by atoms with E-state index in [-0.39, 0.29) is 30.4 Å². The van der Waals surface area contributed by atoms with Crippen LogP contribution in [0.5, 0.6) is 5.75 Å². The van der Waals surface area contributed by atoms with Crippen LogP contribution in [0, 0.1) is 10.1 Å². The highest BCUT2D eigenvalue weighted by atomic mass is 16.6. The van der Waals surface area contributed by atoms with Crippen LogP contribution in [-0.2, 0) is 22.7 Å². The number of likely N-dealkylation sites (tertiary alicyclic amines) is 1. The van der Waals surface area contributed by atoms with Crippen molar-refractivity contribution in [2.24, 2.45) is 0 Å². The van der Waals surface area contributed by atoms with Crippen LogP contribution < -0.4 is 15.0 Å². The molecule has 2 heterocycles. The summed E-state index contributed by atoms with van der Waals surface area (Å²) >= 11 is 0. The maximum atomic E-state index is 12.5. The normalized spacial score (nSPS) is 16.2. The Bertz CT molecular complexity index is 1000. The lowest BCUT2D eigenvalue weighted by atomic mass is 10.1. The Morgan fingerprint density at radius 2 is 1.78 bits per heavy atom.